The van der Waals surface area contributed by atoms with E-state index in [-0.39, 0.29) is 35.7 Å². The van der Waals surface area contributed by atoms with E-state index in [0.717, 1.165) is 11.6 Å². The normalized spacial score (nSPS) is 12.9. The van der Waals surface area contributed by atoms with Crippen molar-refractivity contribution in [3.63, 3.8) is 0 Å². The van der Waals surface area contributed by atoms with Crippen LogP contribution in [0.25, 0.3) is 5.69 Å². The third kappa shape index (κ3) is 6.60. The molecule has 0 aliphatic carbocycles. The molecule has 5 rings (SSSR count). The van der Waals surface area contributed by atoms with Crippen molar-refractivity contribution in [3.05, 3.63) is 99.7 Å². The standard InChI is InChI=1S/C31H31FN6O7/c1-3-14-36(22-12-13-26(43-2)24(19-22)29(40)45-20-21-8-5-4-6-9-21)30(41)38-31(42)37(33-34-38)27-23(10-7-11-25(27)32)28(39)35-15-17-44-18-16-35/h4-13,19H,3,14-18,20H2,1-2H3. The summed E-state index contributed by atoms with van der Waals surface area (Å²) in [6.07, 6.45) is 0.472. The van der Waals surface area contributed by atoms with E-state index in [4.69, 9.17) is 14.2 Å². The van der Waals surface area contributed by atoms with Crippen LogP contribution in [-0.4, -0.2) is 82.6 Å². The van der Waals surface area contributed by atoms with Gasteiger partial charge in [0, 0.05) is 25.3 Å². The van der Waals surface area contributed by atoms with Gasteiger partial charge in [-0.2, -0.15) is 4.68 Å². The van der Waals surface area contributed by atoms with Crippen molar-refractivity contribution in [1.82, 2.24) is 24.7 Å². The summed E-state index contributed by atoms with van der Waals surface area (Å²) in [7, 11) is 1.40. The number of hydrogen-bond acceptors (Lipinski definition) is 9. The van der Waals surface area contributed by atoms with Gasteiger partial charge >= 0.3 is 17.7 Å². The van der Waals surface area contributed by atoms with Gasteiger partial charge in [-0.25, -0.2) is 18.8 Å². The number of para-hydroxylation sites is 1. The van der Waals surface area contributed by atoms with Crippen molar-refractivity contribution < 1.29 is 33.0 Å². The number of halogens is 1. The number of methoxy groups -OCH3 is 1. The number of nitrogens with zero attached hydrogens (tertiary/aromatic N) is 6. The van der Waals surface area contributed by atoms with Gasteiger partial charge in [-0.1, -0.05) is 43.3 Å². The molecule has 13 nitrogen and oxygen atoms in total. The van der Waals surface area contributed by atoms with E-state index in [9.17, 15) is 19.2 Å². The highest BCUT2D eigenvalue weighted by Crippen LogP contribution is 2.27. The van der Waals surface area contributed by atoms with Crippen LogP contribution in [0.4, 0.5) is 14.9 Å². The number of hydrogen-bond donors (Lipinski definition) is 0. The molecule has 4 aromatic rings. The third-order valence-electron chi connectivity index (χ3n) is 7.10. The summed E-state index contributed by atoms with van der Waals surface area (Å²) in [5, 5.41) is 7.49. The quantitative estimate of drug-likeness (QED) is 0.204. The van der Waals surface area contributed by atoms with Gasteiger partial charge in [-0.15, -0.1) is 4.68 Å². The molecule has 1 aromatic heterocycles. The second kappa shape index (κ2) is 13.9. The van der Waals surface area contributed by atoms with E-state index in [0.29, 0.717) is 42.1 Å². The number of carbonyl (C=O) groups is 3. The molecule has 0 atom stereocenters. The topological polar surface area (TPSA) is 138 Å². The van der Waals surface area contributed by atoms with E-state index >= 15 is 4.39 Å². The molecule has 0 spiro atoms. The Morgan fingerprint density at radius 3 is 2.44 bits per heavy atom. The van der Waals surface area contributed by atoms with Crippen LogP contribution in [0.3, 0.4) is 0 Å². The van der Waals surface area contributed by atoms with E-state index in [1.165, 1.54) is 41.2 Å². The summed E-state index contributed by atoms with van der Waals surface area (Å²) in [6, 6.07) is 16.5. The minimum atomic E-state index is -1.08. The number of amides is 2. The van der Waals surface area contributed by atoms with Gasteiger partial charge in [0.2, 0.25) is 0 Å². The summed E-state index contributed by atoms with van der Waals surface area (Å²) in [5.74, 6) is -1.87. The molecule has 0 saturated carbocycles. The molecule has 1 aliphatic rings. The number of esters is 1. The minimum Gasteiger partial charge on any atom is -0.496 e. The number of morpholine rings is 1. The molecule has 45 heavy (non-hydrogen) atoms. The van der Waals surface area contributed by atoms with Gasteiger partial charge < -0.3 is 19.1 Å². The lowest BCUT2D eigenvalue weighted by Crippen LogP contribution is -2.42. The third-order valence-corrected chi connectivity index (χ3v) is 7.10. The number of benzene rings is 3. The highest BCUT2D eigenvalue weighted by atomic mass is 19.1. The average Bonchev–Trinajstić information content (AvgIpc) is 3.46. The molecule has 1 aliphatic heterocycles. The number of carbonyl (C=O) groups excluding carboxylic acids is 3. The molecule has 2 heterocycles. The summed E-state index contributed by atoms with van der Waals surface area (Å²) >= 11 is 0. The maximum Gasteiger partial charge on any atom is 0.377 e. The molecular formula is C31H31FN6O7. The average molecular weight is 619 g/mol. The molecule has 1 fully saturated rings. The first kappa shape index (κ1) is 31.1. The largest absolute Gasteiger partial charge is 0.496 e. The van der Waals surface area contributed by atoms with E-state index in [1.54, 1.807) is 6.07 Å². The fraction of sp³-hybridized carbons (Fsp3) is 0.290. The molecule has 0 N–H and O–H groups in total. The lowest BCUT2D eigenvalue weighted by atomic mass is 10.1. The number of anilines is 1. The summed E-state index contributed by atoms with van der Waals surface area (Å²) in [6.45, 7) is 3.22. The molecule has 2 amide bonds. The Morgan fingerprint density at radius 1 is 0.978 bits per heavy atom. The Morgan fingerprint density at radius 2 is 1.73 bits per heavy atom. The first-order chi connectivity index (χ1) is 21.8. The molecular weight excluding hydrogens is 587 g/mol. The minimum absolute atomic E-state index is 0.0230. The smallest absolute Gasteiger partial charge is 0.377 e. The van der Waals surface area contributed by atoms with Gasteiger partial charge in [-0.05, 0) is 52.7 Å². The monoisotopic (exact) mass is 618 g/mol. The molecule has 234 valence electrons. The molecule has 3 aromatic carbocycles. The van der Waals surface area contributed by atoms with Crippen molar-refractivity contribution >= 4 is 23.6 Å². The van der Waals surface area contributed by atoms with Crippen LogP contribution >= 0.6 is 0 Å². The Balaban J connectivity index is 1.46. The van der Waals surface area contributed by atoms with Crippen LogP contribution in [0, 0.1) is 5.82 Å². The van der Waals surface area contributed by atoms with Crippen LogP contribution in [-0.2, 0) is 16.1 Å². The lowest BCUT2D eigenvalue weighted by Gasteiger charge is -2.27. The summed E-state index contributed by atoms with van der Waals surface area (Å²) in [4.78, 5) is 56.3. The second-order valence-electron chi connectivity index (χ2n) is 10.0. The van der Waals surface area contributed by atoms with Crippen LogP contribution in [0.1, 0.15) is 39.6 Å². The van der Waals surface area contributed by atoms with E-state index in [2.05, 4.69) is 10.4 Å². The molecule has 1 saturated heterocycles. The SMILES string of the molecule is CCCN(C(=O)n1nnn(-c2c(F)cccc2C(=O)N2CCOCC2)c1=O)c1ccc(OC)c(C(=O)OCc2ccccc2)c1. The Kier molecular flexibility index (Phi) is 9.63. The second-order valence-corrected chi connectivity index (χ2v) is 10.0. The summed E-state index contributed by atoms with van der Waals surface area (Å²) in [5.41, 5.74) is -0.516. The number of rotatable bonds is 9. The van der Waals surface area contributed by atoms with Crippen LogP contribution < -0.4 is 15.3 Å². The lowest BCUT2D eigenvalue weighted by molar-refractivity contribution is 0.0302. The Labute approximate surface area is 257 Å². The van der Waals surface area contributed by atoms with Crippen LogP contribution in [0.5, 0.6) is 5.75 Å². The number of ether oxygens (including phenoxy) is 3. The van der Waals surface area contributed by atoms with Crippen LogP contribution in [0.2, 0.25) is 0 Å². The van der Waals surface area contributed by atoms with E-state index < -0.39 is 35.1 Å². The van der Waals surface area contributed by atoms with Crippen molar-refractivity contribution in [1.29, 1.82) is 0 Å². The maximum absolute atomic E-state index is 15.2. The van der Waals surface area contributed by atoms with Crippen molar-refractivity contribution in [2.45, 2.75) is 20.0 Å². The zero-order chi connectivity index (χ0) is 31.9. The van der Waals surface area contributed by atoms with Crippen molar-refractivity contribution in [2.24, 2.45) is 0 Å². The van der Waals surface area contributed by atoms with Gasteiger partial charge in [-0.3, -0.25) is 9.69 Å². The predicted molar refractivity (Wildman–Crippen MR) is 159 cm³/mol. The predicted octanol–water partition coefficient (Wildman–Crippen LogP) is 3.29. The molecule has 0 bridgehead atoms. The Bertz CT molecular complexity index is 1750. The van der Waals surface area contributed by atoms with Gasteiger partial charge in [0.25, 0.3) is 5.91 Å². The first-order valence-electron chi connectivity index (χ1n) is 14.3. The number of aromatic nitrogens is 4. The highest BCUT2D eigenvalue weighted by Gasteiger charge is 2.29. The zero-order valence-corrected chi connectivity index (χ0v) is 24.7. The van der Waals surface area contributed by atoms with Gasteiger partial charge in [0.15, 0.2) is 0 Å². The first-order valence-corrected chi connectivity index (χ1v) is 14.3. The zero-order valence-electron chi connectivity index (χ0n) is 24.7. The molecule has 0 radical (unpaired) electrons. The van der Waals surface area contributed by atoms with E-state index in [1.807, 2.05) is 37.3 Å². The fourth-order valence-electron chi connectivity index (χ4n) is 4.84. The van der Waals surface area contributed by atoms with Crippen molar-refractivity contribution in [3.8, 4) is 11.4 Å². The summed E-state index contributed by atoms with van der Waals surface area (Å²) < 4.78 is 32.4. The highest BCUT2D eigenvalue weighted by molar-refractivity contribution is 5.99. The fourth-order valence-corrected chi connectivity index (χ4v) is 4.84. The number of tetrazole rings is 1. The van der Waals surface area contributed by atoms with Crippen molar-refractivity contribution in [2.75, 3.05) is 44.9 Å². The van der Waals surface area contributed by atoms with Crippen LogP contribution in [0.15, 0.2) is 71.5 Å². The molecule has 0 unspecified atom stereocenters. The molecule has 14 heteroatoms. The van der Waals surface area contributed by atoms with Gasteiger partial charge in [0.1, 0.15) is 29.4 Å². The maximum atomic E-state index is 15.2. The van der Waals surface area contributed by atoms with Gasteiger partial charge in [0.05, 0.1) is 25.9 Å². The Hall–Kier alpha value is -5.37.